The Hall–Kier alpha value is -2.15. The summed E-state index contributed by atoms with van der Waals surface area (Å²) in [5, 5.41) is 8.75. The van der Waals surface area contributed by atoms with Gasteiger partial charge in [0.25, 0.3) is 5.91 Å². The van der Waals surface area contributed by atoms with Crippen molar-refractivity contribution in [2.75, 3.05) is 24.5 Å². The maximum absolute atomic E-state index is 12.7. The highest BCUT2D eigenvalue weighted by molar-refractivity contribution is 6.33. The predicted octanol–water partition coefficient (Wildman–Crippen LogP) is 2.83. The van der Waals surface area contributed by atoms with Crippen LogP contribution in [0, 0.1) is 0 Å². The Morgan fingerprint density at radius 2 is 2.00 bits per heavy atom. The van der Waals surface area contributed by atoms with E-state index in [1.165, 1.54) is 6.42 Å². The van der Waals surface area contributed by atoms with Crippen LogP contribution in [-0.4, -0.2) is 50.2 Å². The van der Waals surface area contributed by atoms with Crippen molar-refractivity contribution in [2.24, 2.45) is 7.05 Å². The van der Waals surface area contributed by atoms with Gasteiger partial charge in [0.15, 0.2) is 5.82 Å². The van der Waals surface area contributed by atoms with Gasteiger partial charge in [-0.3, -0.25) is 4.79 Å². The smallest absolute Gasteiger partial charge is 0.255 e. The van der Waals surface area contributed by atoms with Crippen molar-refractivity contribution in [3.63, 3.8) is 0 Å². The molecular weight excluding hydrogens is 352 g/mol. The molecule has 0 spiro atoms. The topological polar surface area (TPSA) is 67.2 Å². The molecular formula is C18H23ClN6O. The third kappa shape index (κ3) is 3.16. The molecule has 0 aliphatic carbocycles. The number of anilines is 1. The standard InChI is InChI=1S/C18H23ClN6O/c1-23-12-21-22-17(23)15-6-5-9-25(15)16-14(19)10-13(11-20-16)18(26)24-7-3-2-4-8-24/h10-12,15H,2-9H2,1H3/t15-/m1/s1. The molecule has 0 saturated carbocycles. The lowest BCUT2D eigenvalue weighted by Gasteiger charge is -2.28. The summed E-state index contributed by atoms with van der Waals surface area (Å²) in [4.78, 5) is 21.3. The van der Waals surface area contributed by atoms with Crippen molar-refractivity contribution in [1.29, 1.82) is 0 Å². The van der Waals surface area contributed by atoms with Gasteiger partial charge in [-0.05, 0) is 38.2 Å². The second-order valence-electron chi connectivity index (χ2n) is 7.03. The predicted molar refractivity (Wildman–Crippen MR) is 99.3 cm³/mol. The minimum Gasteiger partial charge on any atom is -0.345 e. The van der Waals surface area contributed by atoms with E-state index in [9.17, 15) is 4.79 Å². The zero-order chi connectivity index (χ0) is 18.1. The second-order valence-corrected chi connectivity index (χ2v) is 7.44. The SMILES string of the molecule is Cn1cnnc1[C@H]1CCCN1c1ncc(C(=O)N2CCCCC2)cc1Cl. The van der Waals surface area contributed by atoms with Crippen LogP contribution in [0.25, 0.3) is 0 Å². The highest BCUT2D eigenvalue weighted by atomic mass is 35.5. The Morgan fingerprint density at radius 1 is 1.19 bits per heavy atom. The third-order valence-electron chi connectivity index (χ3n) is 5.28. The average molecular weight is 375 g/mol. The van der Waals surface area contributed by atoms with Crippen LogP contribution >= 0.6 is 11.6 Å². The molecule has 0 aromatic carbocycles. The summed E-state index contributed by atoms with van der Waals surface area (Å²) < 4.78 is 1.94. The molecule has 4 heterocycles. The number of amides is 1. The Morgan fingerprint density at radius 3 is 2.69 bits per heavy atom. The number of halogens is 1. The van der Waals surface area contributed by atoms with Gasteiger partial charge in [0.2, 0.25) is 0 Å². The Balaban J connectivity index is 1.57. The highest BCUT2D eigenvalue weighted by Crippen LogP contribution is 2.37. The van der Waals surface area contributed by atoms with Crippen LogP contribution in [0.5, 0.6) is 0 Å². The van der Waals surface area contributed by atoms with Gasteiger partial charge in [-0.15, -0.1) is 10.2 Å². The number of nitrogens with zero attached hydrogens (tertiary/aromatic N) is 6. The molecule has 138 valence electrons. The molecule has 26 heavy (non-hydrogen) atoms. The number of likely N-dealkylation sites (tertiary alicyclic amines) is 1. The molecule has 2 aromatic heterocycles. The lowest BCUT2D eigenvalue weighted by molar-refractivity contribution is 0.0724. The molecule has 2 saturated heterocycles. The number of rotatable bonds is 3. The monoisotopic (exact) mass is 374 g/mol. The number of aryl methyl sites for hydroxylation is 1. The summed E-state index contributed by atoms with van der Waals surface area (Å²) in [6.07, 6.45) is 8.73. The fourth-order valence-corrected chi connectivity index (χ4v) is 4.20. The second kappa shape index (κ2) is 7.23. The lowest BCUT2D eigenvalue weighted by Crippen LogP contribution is -2.35. The van der Waals surface area contributed by atoms with E-state index in [-0.39, 0.29) is 11.9 Å². The summed E-state index contributed by atoms with van der Waals surface area (Å²) in [5.41, 5.74) is 0.565. The van der Waals surface area contributed by atoms with Crippen LogP contribution in [-0.2, 0) is 7.05 Å². The summed E-state index contributed by atoms with van der Waals surface area (Å²) in [5.74, 6) is 1.65. The van der Waals surface area contributed by atoms with Gasteiger partial charge < -0.3 is 14.4 Å². The number of carbonyl (C=O) groups excluding carboxylic acids is 1. The van der Waals surface area contributed by atoms with Crippen molar-refractivity contribution in [1.82, 2.24) is 24.6 Å². The lowest BCUT2D eigenvalue weighted by atomic mass is 10.1. The van der Waals surface area contributed by atoms with Crippen molar-refractivity contribution < 1.29 is 4.79 Å². The number of hydrogen-bond acceptors (Lipinski definition) is 5. The van der Waals surface area contributed by atoms with Gasteiger partial charge in [0.1, 0.15) is 12.1 Å². The molecule has 1 amide bonds. The first kappa shape index (κ1) is 17.3. The Labute approximate surface area is 158 Å². The molecule has 2 fully saturated rings. The Bertz CT molecular complexity index is 801. The van der Waals surface area contributed by atoms with E-state index in [0.29, 0.717) is 16.4 Å². The highest BCUT2D eigenvalue weighted by Gasteiger charge is 2.32. The largest absolute Gasteiger partial charge is 0.345 e. The minimum atomic E-state index is 0.0249. The summed E-state index contributed by atoms with van der Waals surface area (Å²) in [6, 6.07) is 1.86. The molecule has 0 unspecified atom stereocenters. The van der Waals surface area contributed by atoms with Crippen LogP contribution in [0.2, 0.25) is 5.02 Å². The minimum absolute atomic E-state index is 0.0249. The quantitative estimate of drug-likeness (QED) is 0.826. The van der Waals surface area contributed by atoms with E-state index in [4.69, 9.17) is 11.6 Å². The molecule has 4 rings (SSSR count). The molecule has 1 atom stereocenters. The fraction of sp³-hybridized carbons (Fsp3) is 0.556. The van der Waals surface area contributed by atoms with E-state index in [1.807, 2.05) is 16.5 Å². The third-order valence-corrected chi connectivity index (χ3v) is 5.56. The molecule has 0 bridgehead atoms. The van der Waals surface area contributed by atoms with Crippen molar-refractivity contribution >= 4 is 23.3 Å². The summed E-state index contributed by atoms with van der Waals surface area (Å²) in [6.45, 7) is 2.50. The van der Waals surface area contributed by atoms with Gasteiger partial charge in [0.05, 0.1) is 16.6 Å². The first-order valence-electron chi connectivity index (χ1n) is 9.20. The normalized spacial score (nSPS) is 20.6. The maximum atomic E-state index is 12.7. The molecule has 2 aromatic rings. The van der Waals surface area contributed by atoms with Gasteiger partial charge in [-0.1, -0.05) is 11.6 Å². The maximum Gasteiger partial charge on any atom is 0.255 e. The van der Waals surface area contributed by atoms with Gasteiger partial charge >= 0.3 is 0 Å². The van der Waals surface area contributed by atoms with Crippen LogP contribution in [0.4, 0.5) is 5.82 Å². The molecule has 7 nitrogen and oxygen atoms in total. The number of carbonyl (C=O) groups is 1. The summed E-state index contributed by atoms with van der Waals surface area (Å²) in [7, 11) is 1.95. The van der Waals surface area contributed by atoms with E-state index in [2.05, 4.69) is 20.1 Å². The zero-order valence-corrected chi connectivity index (χ0v) is 15.7. The van der Waals surface area contributed by atoms with Gasteiger partial charge in [-0.25, -0.2) is 4.98 Å². The molecule has 0 N–H and O–H groups in total. The first-order chi connectivity index (χ1) is 12.6. The number of pyridine rings is 1. The number of hydrogen-bond donors (Lipinski definition) is 0. The molecule has 8 heteroatoms. The van der Waals surface area contributed by atoms with Crippen molar-refractivity contribution in [3.05, 3.63) is 35.0 Å². The van der Waals surface area contributed by atoms with E-state index in [1.54, 1.807) is 18.6 Å². The molecule has 2 aliphatic rings. The van der Waals surface area contributed by atoms with Crippen LogP contribution in [0.15, 0.2) is 18.6 Å². The fourth-order valence-electron chi connectivity index (χ4n) is 3.92. The van der Waals surface area contributed by atoms with E-state index >= 15 is 0 Å². The van der Waals surface area contributed by atoms with Crippen LogP contribution < -0.4 is 4.90 Å². The number of piperidine rings is 1. The van der Waals surface area contributed by atoms with E-state index < -0.39 is 0 Å². The van der Waals surface area contributed by atoms with Crippen molar-refractivity contribution in [3.8, 4) is 0 Å². The first-order valence-corrected chi connectivity index (χ1v) is 9.58. The molecule has 2 aliphatic heterocycles. The average Bonchev–Trinajstić information content (AvgIpc) is 3.30. The zero-order valence-electron chi connectivity index (χ0n) is 14.9. The number of aromatic nitrogens is 4. The summed E-state index contributed by atoms with van der Waals surface area (Å²) >= 11 is 6.54. The van der Waals surface area contributed by atoms with Crippen molar-refractivity contribution in [2.45, 2.75) is 38.1 Å². The Kier molecular flexibility index (Phi) is 4.80. The van der Waals surface area contributed by atoms with Crippen LogP contribution in [0.1, 0.15) is 54.3 Å². The van der Waals surface area contributed by atoms with Crippen LogP contribution in [0.3, 0.4) is 0 Å². The van der Waals surface area contributed by atoms with Gasteiger partial charge in [-0.2, -0.15) is 0 Å². The van der Waals surface area contributed by atoms with E-state index in [0.717, 1.165) is 51.1 Å². The molecule has 0 radical (unpaired) electrons. The van der Waals surface area contributed by atoms with Gasteiger partial charge in [0, 0.05) is 32.9 Å².